The van der Waals surface area contributed by atoms with Crippen LogP contribution in [0.25, 0.3) is 0 Å². The molecule has 1 atom stereocenters. The number of nitrogens with two attached hydrogens (primary N) is 1. The second kappa shape index (κ2) is 8.92. The molecule has 0 aromatic rings. The summed E-state index contributed by atoms with van der Waals surface area (Å²) in [5, 5.41) is 0. The van der Waals surface area contributed by atoms with Gasteiger partial charge >= 0.3 is 0 Å². The van der Waals surface area contributed by atoms with Crippen LogP contribution >= 0.6 is 0 Å². The summed E-state index contributed by atoms with van der Waals surface area (Å²) in [6.07, 6.45) is 11.1. The normalized spacial score (nSPS) is 19.7. The van der Waals surface area contributed by atoms with Crippen LogP contribution in [-0.4, -0.2) is 31.1 Å². The van der Waals surface area contributed by atoms with Gasteiger partial charge in [-0.3, -0.25) is 0 Å². The summed E-state index contributed by atoms with van der Waals surface area (Å²) in [7, 11) is 2.32. The van der Waals surface area contributed by atoms with E-state index in [1.165, 1.54) is 57.9 Å². The third kappa shape index (κ3) is 5.71. The molecule has 2 nitrogen and oxygen atoms in total. The lowest BCUT2D eigenvalue weighted by atomic mass is 9.88. The predicted molar refractivity (Wildman–Crippen MR) is 80.7 cm³/mol. The molecule has 0 aromatic carbocycles. The van der Waals surface area contributed by atoms with Crippen molar-refractivity contribution >= 4 is 0 Å². The topological polar surface area (TPSA) is 29.3 Å². The van der Waals surface area contributed by atoms with Crippen LogP contribution in [0, 0.1) is 11.8 Å². The first-order chi connectivity index (χ1) is 8.65. The summed E-state index contributed by atoms with van der Waals surface area (Å²) in [6, 6.07) is 0.866. The van der Waals surface area contributed by atoms with Gasteiger partial charge in [-0.15, -0.1) is 0 Å². The third-order valence-electron chi connectivity index (χ3n) is 4.76. The zero-order valence-corrected chi connectivity index (χ0v) is 12.8. The Kier molecular flexibility index (Phi) is 7.92. The molecular formula is C16H34N2. The first kappa shape index (κ1) is 16.0. The molecule has 1 aliphatic carbocycles. The molecule has 0 aliphatic heterocycles. The Balaban J connectivity index is 2.18. The molecule has 2 N–H and O–H groups in total. The maximum atomic E-state index is 5.71. The van der Waals surface area contributed by atoms with Crippen LogP contribution in [0.15, 0.2) is 0 Å². The maximum absolute atomic E-state index is 5.71. The summed E-state index contributed by atoms with van der Waals surface area (Å²) < 4.78 is 0. The van der Waals surface area contributed by atoms with Crippen molar-refractivity contribution in [1.29, 1.82) is 0 Å². The predicted octanol–water partition coefficient (Wildman–Crippen LogP) is 3.65. The Morgan fingerprint density at radius 2 is 1.78 bits per heavy atom. The van der Waals surface area contributed by atoms with Crippen molar-refractivity contribution in [1.82, 2.24) is 4.90 Å². The van der Waals surface area contributed by atoms with Gasteiger partial charge in [-0.1, -0.05) is 33.1 Å². The van der Waals surface area contributed by atoms with Crippen LogP contribution < -0.4 is 5.73 Å². The van der Waals surface area contributed by atoms with E-state index < -0.39 is 0 Å². The molecule has 1 unspecified atom stereocenters. The first-order valence-electron chi connectivity index (χ1n) is 8.05. The van der Waals surface area contributed by atoms with Crippen molar-refractivity contribution in [2.45, 2.75) is 71.3 Å². The van der Waals surface area contributed by atoms with Crippen LogP contribution in [0.4, 0.5) is 0 Å². The minimum atomic E-state index is 0.786. The lowest BCUT2D eigenvalue weighted by Crippen LogP contribution is -2.34. The molecule has 108 valence electrons. The Bertz CT molecular complexity index is 197. The molecule has 1 fully saturated rings. The van der Waals surface area contributed by atoms with Gasteiger partial charge in [0.25, 0.3) is 0 Å². The smallest absolute Gasteiger partial charge is 0.00922 e. The van der Waals surface area contributed by atoms with Crippen molar-refractivity contribution in [2.75, 3.05) is 20.1 Å². The minimum Gasteiger partial charge on any atom is -0.330 e. The minimum absolute atomic E-state index is 0.786. The summed E-state index contributed by atoms with van der Waals surface area (Å²) in [5.74, 6) is 1.61. The van der Waals surface area contributed by atoms with Crippen molar-refractivity contribution in [3.63, 3.8) is 0 Å². The lowest BCUT2D eigenvalue weighted by molar-refractivity contribution is 0.182. The van der Waals surface area contributed by atoms with E-state index in [9.17, 15) is 0 Å². The van der Waals surface area contributed by atoms with E-state index in [1.807, 2.05) is 0 Å². The highest BCUT2D eigenvalue weighted by molar-refractivity contribution is 4.74. The third-order valence-corrected chi connectivity index (χ3v) is 4.76. The fourth-order valence-electron chi connectivity index (χ4n) is 3.33. The van der Waals surface area contributed by atoms with E-state index in [4.69, 9.17) is 5.73 Å². The average molecular weight is 254 g/mol. The van der Waals surface area contributed by atoms with Gasteiger partial charge in [0.15, 0.2) is 0 Å². The first-order valence-corrected chi connectivity index (χ1v) is 8.05. The van der Waals surface area contributed by atoms with E-state index in [0.717, 1.165) is 24.4 Å². The highest BCUT2D eigenvalue weighted by atomic mass is 15.1. The summed E-state index contributed by atoms with van der Waals surface area (Å²) in [5.41, 5.74) is 5.71. The maximum Gasteiger partial charge on any atom is 0.00922 e. The number of hydrogen-bond acceptors (Lipinski definition) is 2. The lowest BCUT2D eigenvalue weighted by Gasteiger charge is -2.31. The molecule has 2 heteroatoms. The fraction of sp³-hybridized carbons (Fsp3) is 1.00. The summed E-state index contributed by atoms with van der Waals surface area (Å²) in [4.78, 5) is 2.61. The van der Waals surface area contributed by atoms with Gasteiger partial charge in [0.05, 0.1) is 0 Å². The van der Waals surface area contributed by atoms with Gasteiger partial charge in [-0.2, -0.15) is 0 Å². The molecule has 1 rings (SSSR count). The number of hydrogen-bond donors (Lipinski definition) is 1. The van der Waals surface area contributed by atoms with Gasteiger partial charge in [0.2, 0.25) is 0 Å². The molecule has 0 aromatic heterocycles. The Morgan fingerprint density at radius 3 is 2.33 bits per heavy atom. The van der Waals surface area contributed by atoms with Gasteiger partial charge in [-0.25, -0.2) is 0 Å². The largest absolute Gasteiger partial charge is 0.330 e. The van der Waals surface area contributed by atoms with Crippen LogP contribution in [-0.2, 0) is 0 Å². The molecular weight excluding hydrogens is 220 g/mol. The Hall–Kier alpha value is -0.0800. The molecule has 0 heterocycles. The van der Waals surface area contributed by atoms with Crippen molar-refractivity contribution in [2.24, 2.45) is 17.6 Å². The molecule has 0 radical (unpaired) electrons. The number of nitrogens with zero attached hydrogens (tertiary/aromatic N) is 1. The highest BCUT2D eigenvalue weighted by Crippen LogP contribution is 2.23. The molecule has 0 amide bonds. The van der Waals surface area contributed by atoms with Crippen LogP contribution in [0.2, 0.25) is 0 Å². The summed E-state index contributed by atoms with van der Waals surface area (Å²) >= 11 is 0. The summed E-state index contributed by atoms with van der Waals surface area (Å²) in [6.45, 7) is 6.80. The number of rotatable bonds is 8. The molecule has 0 saturated heterocycles. The van der Waals surface area contributed by atoms with Crippen molar-refractivity contribution < 1.29 is 0 Å². The quantitative estimate of drug-likeness (QED) is 0.716. The van der Waals surface area contributed by atoms with Crippen molar-refractivity contribution in [3.8, 4) is 0 Å². The van der Waals surface area contributed by atoms with Gasteiger partial charge in [0, 0.05) is 6.04 Å². The van der Waals surface area contributed by atoms with Crippen molar-refractivity contribution in [3.05, 3.63) is 0 Å². The monoisotopic (exact) mass is 254 g/mol. The van der Waals surface area contributed by atoms with Crippen LogP contribution in [0.1, 0.15) is 65.2 Å². The van der Waals surface area contributed by atoms with E-state index in [0.29, 0.717) is 0 Å². The second-order valence-corrected chi connectivity index (χ2v) is 6.50. The SMILES string of the molecule is CC(C)C(CCN)CCCN(C)C1CCCCC1. The van der Waals surface area contributed by atoms with E-state index >= 15 is 0 Å². The molecule has 18 heavy (non-hydrogen) atoms. The van der Waals surface area contributed by atoms with Crippen LogP contribution in [0.3, 0.4) is 0 Å². The van der Waals surface area contributed by atoms with E-state index in [1.54, 1.807) is 0 Å². The van der Waals surface area contributed by atoms with Gasteiger partial charge < -0.3 is 10.6 Å². The fourth-order valence-corrected chi connectivity index (χ4v) is 3.33. The molecule has 1 aliphatic rings. The van der Waals surface area contributed by atoms with Crippen LogP contribution in [0.5, 0.6) is 0 Å². The zero-order chi connectivity index (χ0) is 13.4. The zero-order valence-electron chi connectivity index (χ0n) is 12.8. The standard InChI is InChI=1S/C16H34N2/c1-14(2)15(11-12-17)8-7-13-18(3)16-9-5-4-6-10-16/h14-16H,4-13,17H2,1-3H3. The molecule has 1 saturated carbocycles. The highest BCUT2D eigenvalue weighted by Gasteiger charge is 2.18. The van der Waals surface area contributed by atoms with Gasteiger partial charge in [-0.05, 0) is 64.1 Å². The molecule has 0 bridgehead atoms. The van der Waals surface area contributed by atoms with Gasteiger partial charge in [0.1, 0.15) is 0 Å². The molecule has 0 spiro atoms. The Labute approximate surface area is 114 Å². The van der Waals surface area contributed by atoms with E-state index in [2.05, 4.69) is 25.8 Å². The average Bonchev–Trinajstić information content (AvgIpc) is 2.38. The Morgan fingerprint density at radius 1 is 1.11 bits per heavy atom. The second-order valence-electron chi connectivity index (χ2n) is 6.50. The van der Waals surface area contributed by atoms with E-state index in [-0.39, 0.29) is 0 Å².